The van der Waals surface area contributed by atoms with Gasteiger partial charge in [-0.1, -0.05) is 31.5 Å². The quantitative estimate of drug-likeness (QED) is 0.789. The van der Waals surface area contributed by atoms with Gasteiger partial charge in [0.05, 0.1) is 7.11 Å². The van der Waals surface area contributed by atoms with E-state index in [1.54, 1.807) is 7.11 Å². The van der Waals surface area contributed by atoms with Crippen LogP contribution in [0.25, 0.3) is 0 Å². The summed E-state index contributed by atoms with van der Waals surface area (Å²) in [4.78, 5) is 1.53. The molecule has 0 fully saturated rings. The van der Waals surface area contributed by atoms with E-state index in [1.807, 2.05) is 11.3 Å². The van der Waals surface area contributed by atoms with Crippen LogP contribution in [-0.4, -0.2) is 19.7 Å². The molecular formula is C20H27NOS. The van der Waals surface area contributed by atoms with E-state index in [-0.39, 0.29) is 0 Å². The van der Waals surface area contributed by atoms with Gasteiger partial charge in [-0.2, -0.15) is 0 Å². The number of rotatable bonds is 7. The second kappa shape index (κ2) is 7.98. The van der Waals surface area contributed by atoms with Crippen LogP contribution in [0.3, 0.4) is 0 Å². The van der Waals surface area contributed by atoms with E-state index in [2.05, 4.69) is 48.0 Å². The summed E-state index contributed by atoms with van der Waals surface area (Å²) in [6.45, 7) is 3.38. The molecule has 0 saturated carbocycles. The van der Waals surface area contributed by atoms with Crippen LogP contribution >= 0.6 is 11.3 Å². The molecule has 1 N–H and O–H groups in total. The summed E-state index contributed by atoms with van der Waals surface area (Å²) < 4.78 is 5.51. The lowest BCUT2D eigenvalue weighted by molar-refractivity contribution is 0.393. The van der Waals surface area contributed by atoms with Crippen molar-refractivity contribution in [2.75, 3.05) is 13.7 Å². The highest BCUT2D eigenvalue weighted by Gasteiger charge is 2.22. The molecule has 1 aliphatic carbocycles. The van der Waals surface area contributed by atoms with E-state index in [9.17, 15) is 0 Å². The van der Waals surface area contributed by atoms with Crippen LogP contribution < -0.4 is 10.1 Å². The number of fused-ring (bicyclic) bond motifs is 1. The van der Waals surface area contributed by atoms with E-state index >= 15 is 0 Å². The predicted molar refractivity (Wildman–Crippen MR) is 98.8 cm³/mol. The third kappa shape index (κ3) is 3.96. The van der Waals surface area contributed by atoms with Gasteiger partial charge in [0.1, 0.15) is 5.75 Å². The van der Waals surface area contributed by atoms with Gasteiger partial charge >= 0.3 is 0 Å². The van der Waals surface area contributed by atoms with Crippen LogP contribution in [0.1, 0.15) is 48.1 Å². The Morgan fingerprint density at radius 1 is 1.30 bits per heavy atom. The first kappa shape index (κ1) is 16.5. The highest BCUT2D eigenvalue weighted by atomic mass is 32.1. The summed E-state index contributed by atoms with van der Waals surface area (Å²) >= 11 is 1.89. The summed E-state index contributed by atoms with van der Waals surface area (Å²) in [6, 6.07) is 11.5. The van der Waals surface area contributed by atoms with Crippen molar-refractivity contribution in [2.45, 2.75) is 51.0 Å². The number of hydrogen-bond donors (Lipinski definition) is 1. The van der Waals surface area contributed by atoms with Crippen LogP contribution in [0.4, 0.5) is 0 Å². The molecule has 2 nitrogen and oxygen atoms in total. The van der Waals surface area contributed by atoms with Gasteiger partial charge in [0.2, 0.25) is 0 Å². The smallest absolute Gasteiger partial charge is 0.122 e. The zero-order valence-corrected chi connectivity index (χ0v) is 15.0. The average Bonchev–Trinajstić information content (AvgIpc) is 3.12. The van der Waals surface area contributed by atoms with Crippen LogP contribution in [0.5, 0.6) is 5.75 Å². The minimum atomic E-state index is 0.592. The summed E-state index contributed by atoms with van der Waals surface area (Å²) in [6.07, 6.45) is 5.96. The summed E-state index contributed by atoms with van der Waals surface area (Å²) in [7, 11) is 1.77. The SMILES string of the molecule is CCCC(CNC1CCc2c(cccc2OC)C1)c1cccs1. The molecule has 2 aromatic rings. The Morgan fingerprint density at radius 3 is 2.96 bits per heavy atom. The van der Waals surface area contributed by atoms with Crippen molar-refractivity contribution in [3.8, 4) is 5.75 Å². The Balaban J connectivity index is 1.61. The maximum atomic E-state index is 5.51. The molecule has 1 aliphatic rings. The fraction of sp³-hybridized carbons (Fsp3) is 0.500. The molecule has 3 rings (SSSR count). The average molecular weight is 330 g/mol. The predicted octanol–water partition coefficient (Wildman–Crippen LogP) is 4.79. The highest BCUT2D eigenvalue weighted by molar-refractivity contribution is 7.10. The van der Waals surface area contributed by atoms with Crippen molar-refractivity contribution in [3.63, 3.8) is 0 Å². The van der Waals surface area contributed by atoms with Crippen molar-refractivity contribution in [1.29, 1.82) is 0 Å². The van der Waals surface area contributed by atoms with Gasteiger partial charge in [-0.3, -0.25) is 0 Å². The Labute approximate surface area is 143 Å². The Morgan fingerprint density at radius 2 is 2.22 bits per heavy atom. The lowest BCUT2D eigenvalue weighted by Crippen LogP contribution is -2.37. The molecule has 2 unspecified atom stereocenters. The molecule has 0 radical (unpaired) electrons. The van der Waals surface area contributed by atoms with Crippen LogP contribution in [0.15, 0.2) is 35.7 Å². The maximum Gasteiger partial charge on any atom is 0.122 e. The minimum Gasteiger partial charge on any atom is -0.496 e. The molecule has 23 heavy (non-hydrogen) atoms. The van der Waals surface area contributed by atoms with Crippen molar-refractivity contribution < 1.29 is 4.74 Å². The van der Waals surface area contributed by atoms with E-state index < -0.39 is 0 Å². The second-order valence-corrected chi connectivity index (χ2v) is 7.43. The van der Waals surface area contributed by atoms with Gasteiger partial charge in [0, 0.05) is 23.4 Å². The number of thiophene rings is 1. The zero-order valence-electron chi connectivity index (χ0n) is 14.2. The summed E-state index contributed by atoms with van der Waals surface area (Å²) in [5.74, 6) is 1.72. The van der Waals surface area contributed by atoms with Gasteiger partial charge in [0.15, 0.2) is 0 Å². The highest BCUT2D eigenvalue weighted by Crippen LogP contribution is 2.30. The van der Waals surface area contributed by atoms with Crippen LogP contribution in [0, 0.1) is 0 Å². The first-order valence-electron chi connectivity index (χ1n) is 8.73. The topological polar surface area (TPSA) is 21.3 Å². The molecule has 1 aromatic heterocycles. The largest absolute Gasteiger partial charge is 0.496 e. The molecular weight excluding hydrogens is 302 g/mol. The number of methoxy groups -OCH3 is 1. The van der Waals surface area contributed by atoms with Crippen molar-refractivity contribution in [3.05, 3.63) is 51.7 Å². The fourth-order valence-corrected chi connectivity index (χ4v) is 4.53. The van der Waals surface area contributed by atoms with Crippen molar-refractivity contribution >= 4 is 11.3 Å². The summed E-state index contributed by atoms with van der Waals surface area (Å²) in [5, 5.41) is 6.03. The van der Waals surface area contributed by atoms with Gasteiger partial charge in [-0.15, -0.1) is 11.3 Å². The lowest BCUT2D eigenvalue weighted by Gasteiger charge is -2.28. The van der Waals surface area contributed by atoms with E-state index in [0.29, 0.717) is 12.0 Å². The molecule has 0 amide bonds. The lowest BCUT2D eigenvalue weighted by atomic mass is 9.87. The zero-order chi connectivity index (χ0) is 16.1. The molecule has 124 valence electrons. The maximum absolute atomic E-state index is 5.51. The third-order valence-electron chi connectivity index (χ3n) is 4.89. The molecule has 2 atom stereocenters. The number of hydrogen-bond acceptors (Lipinski definition) is 3. The monoisotopic (exact) mass is 329 g/mol. The molecule has 0 bridgehead atoms. The number of nitrogens with one attached hydrogen (secondary N) is 1. The molecule has 1 heterocycles. The van der Waals surface area contributed by atoms with E-state index in [1.165, 1.54) is 35.3 Å². The van der Waals surface area contributed by atoms with Gasteiger partial charge < -0.3 is 10.1 Å². The van der Waals surface area contributed by atoms with Gasteiger partial charge in [-0.25, -0.2) is 0 Å². The second-order valence-electron chi connectivity index (χ2n) is 6.45. The first-order valence-corrected chi connectivity index (χ1v) is 9.61. The number of ether oxygens (including phenoxy) is 1. The van der Waals surface area contributed by atoms with E-state index in [0.717, 1.165) is 25.1 Å². The van der Waals surface area contributed by atoms with Crippen LogP contribution in [-0.2, 0) is 12.8 Å². The normalized spacial score (nSPS) is 18.4. The van der Waals surface area contributed by atoms with Gasteiger partial charge in [0.25, 0.3) is 0 Å². The Kier molecular flexibility index (Phi) is 5.74. The Bertz CT molecular complexity index is 608. The van der Waals surface area contributed by atoms with Crippen LogP contribution in [0.2, 0.25) is 0 Å². The fourth-order valence-electron chi connectivity index (χ4n) is 3.66. The third-order valence-corrected chi connectivity index (χ3v) is 5.93. The van der Waals surface area contributed by atoms with Crippen molar-refractivity contribution in [2.24, 2.45) is 0 Å². The summed E-state index contributed by atoms with van der Waals surface area (Å²) in [5.41, 5.74) is 2.87. The molecule has 1 aromatic carbocycles. The molecule has 0 spiro atoms. The molecule has 3 heteroatoms. The first-order chi connectivity index (χ1) is 11.3. The standard InChI is InChI=1S/C20H27NOS/c1-3-6-16(20-9-5-12-23-20)14-21-17-10-11-18-15(13-17)7-4-8-19(18)22-2/h4-5,7-9,12,16-17,21H,3,6,10-11,13-14H2,1-2H3. The van der Waals surface area contributed by atoms with E-state index in [4.69, 9.17) is 4.74 Å². The number of benzene rings is 1. The minimum absolute atomic E-state index is 0.592. The van der Waals surface area contributed by atoms with Gasteiger partial charge in [-0.05, 0) is 54.3 Å². The van der Waals surface area contributed by atoms with Crippen molar-refractivity contribution in [1.82, 2.24) is 5.32 Å². The molecule has 0 saturated heterocycles. The Hall–Kier alpha value is -1.32. The molecule has 0 aliphatic heterocycles.